The van der Waals surface area contributed by atoms with Gasteiger partial charge in [0.2, 0.25) is 0 Å². The van der Waals surface area contributed by atoms with Crippen molar-refractivity contribution in [2.24, 2.45) is 0 Å². The van der Waals surface area contributed by atoms with E-state index in [4.69, 9.17) is 0 Å². The highest BCUT2D eigenvalue weighted by Crippen LogP contribution is 2.22. The van der Waals surface area contributed by atoms with Gasteiger partial charge in [-0.1, -0.05) is 6.92 Å². The van der Waals surface area contributed by atoms with E-state index in [1.807, 2.05) is 0 Å². The van der Waals surface area contributed by atoms with E-state index in [2.05, 4.69) is 36.3 Å². The third-order valence-electron chi connectivity index (χ3n) is 3.15. The molecule has 3 heteroatoms. The summed E-state index contributed by atoms with van der Waals surface area (Å²) in [7, 11) is 0. The number of hydrogen-bond acceptors (Lipinski definition) is 3. The molecule has 0 spiro atoms. The molecule has 0 N–H and O–H groups in total. The number of carbonyl (C=O) groups excluding carboxylic acids is 1. The zero-order chi connectivity index (χ0) is 12.3. The van der Waals surface area contributed by atoms with Crippen LogP contribution in [0.1, 0.15) is 30.2 Å². The highest BCUT2D eigenvalue weighted by atomic mass is 32.1. The largest absolute Gasteiger partial charge is 0.299 e. The Hall–Kier alpha value is -0.930. The number of ketones is 1. The molecule has 1 fully saturated rings. The van der Waals surface area contributed by atoms with Crippen molar-refractivity contribution in [3.63, 3.8) is 0 Å². The highest BCUT2D eigenvalue weighted by molar-refractivity contribution is 7.11. The summed E-state index contributed by atoms with van der Waals surface area (Å²) in [6.45, 7) is 7.12. The maximum absolute atomic E-state index is 11.9. The summed E-state index contributed by atoms with van der Waals surface area (Å²) in [6.07, 6.45) is 3.92. The third-order valence-corrected chi connectivity index (χ3v) is 4.12. The van der Waals surface area contributed by atoms with Crippen molar-refractivity contribution in [1.29, 1.82) is 0 Å². The fourth-order valence-electron chi connectivity index (χ4n) is 2.15. The lowest BCUT2D eigenvalue weighted by molar-refractivity contribution is -0.117. The standard InChI is InChI=1S/C14H19NOS/c1-3-6-15-7-4-13(16)12(10-15)9-14-11(2)5-8-17-14/h5,8-9H,3-4,6-7,10H2,1-2H3/b12-9+. The molecule has 0 amide bonds. The molecule has 1 aromatic heterocycles. The van der Waals surface area contributed by atoms with E-state index in [9.17, 15) is 4.79 Å². The molecular weight excluding hydrogens is 230 g/mol. The van der Waals surface area contributed by atoms with Gasteiger partial charge in [0.25, 0.3) is 0 Å². The molecule has 0 bridgehead atoms. The first kappa shape index (κ1) is 12.5. The lowest BCUT2D eigenvalue weighted by atomic mass is 10.0. The number of piperidine rings is 1. The van der Waals surface area contributed by atoms with E-state index in [1.165, 1.54) is 10.4 Å². The number of thiophene rings is 1. The number of Topliss-reactive ketones (excluding diaryl/α,β-unsaturated/α-hetero) is 1. The first-order valence-electron chi connectivity index (χ1n) is 6.21. The predicted molar refractivity (Wildman–Crippen MR) is 73.4 cm³/mol. The fraction of sp³-hybridized carbons (Fsp3) is 0.500. The van der Waals surface area contributed by atoms with Crippen LogP contribution in [0.15, 0.2) is 17.0 Å². The SMILES string of the molecule is CCCN1CCC(=O)/C(=C/c2sccc2C)C1. The van der Waals surface area contributed by atoms with Gasteiger partial charge in [0.05, 0.1) is 0 Å². The minimum Gasteiger partial charge on any atom is -0.299 e. The average molecular weight is 249 g/mol. The zero-order valence-electron chi connectivity index (χ0n) is 10.5. The minimum absolute atomic E-state index is 0.324. The smallest absolute Gasteiger partial charge is 0.161 e. The number of likely N-dealkylation sites (tertiary alicyclic amines) is 1. The van der Waals surface area contributed by atoms with E-state index >= 15 is 0 Å². The molecule has 0 radical (unpaired) electrons. The summed E-state index contributed by atoms with van der Waals surface area (Å²) in [6, 6.07) is 2.11. The van der Waals surface area contributed by atoms with Crippen LogP contribution in [0.4, 0.5) is 0 Å². The highest BCUT2D eigenvalue weighted by Gasteiger charge is 2.20. The van der Waals surface area contributed by atoms with Crippen molar-refractivity contribution in [2.45, 2.75) is 26.7 Å². The van der Waals surface area contributed by atoms with Crippen molar-refractivity contribution < 1.29 is 4.79 Å². The maximum Gasteiger partial charge on any atom is 0.161 e. The summed E-state index contributed by atoms with van der Waals surface area (Å²) in [4.78, 5) is 15.5. The van der Waals surface area contributed by atoms with E-state index in [0.717, 1.165) is 31.6 Å². The first-order valence-corrected chi connectivity index (χ1v) is 7.09. The summed E-state index contributed by atoms with van der Waals surface area (Å²) < 4.78 is 0. The van der Waals surface area contributed by atoms with E-state index in [1.54, 1.807) is 11.3 Å². The molecule has 92 valence electrons. The molecule has 0 aromatic carbocycles. The van der Waals surface area contributed by atoms with Crippen LogP contribution in [0.5, 0.6) is 0 Å². The quantitative estimate of drug-likeness (QED) is 0.767. The fourth-order valence-corrected chi connectivity index (χ4v) is 3.04. The third kappa shape index (κ3) is 3.05. The van der Waals surface area contributed by atoms with Crippen molar-refractivity contribution >= 4 is 23.2 Å². The molecular formula is C14H19NOS. The Kier molecular flexibility index (Phi) is 4.13. The van der Waals surface area contributed by atoms with Gasteiger partial charge in [0.15, 0.2) is 5.78 Å². The van der Waals surface area contributed by atoms with Gasteiger partial charge in [-0.25, -0.2) is 0 Å². The van der Waals surface area contributed by atoms with Gasteiger partial charge in [-0.3, -0.25) is 9.69 Å². The molecule has 17 heavy (non-hydrogen) atoms. The van der Waals surface area contributed by atoms with Gasteiger partial charge >= 0.3 is 0 Å². The normalized spacial score (nSPS) is 20.1. The summed E-state index contributed by atoms with van der Waals surface area (Å²) >= 11 is 1.71. The lowest BCUT2D eigenvalue weighted by Gasteiger charge is -2.27. The molecule has 2 rings (SSSR count). The van der Waals surface area contributed by atoms with E-state index < -0.39 is 0 Å². The molecule has 0 aliphatic carbocycles. The number of rotatable bonds is 3. The number of aryl methyl sites for hydroxylation is 1. The molecule has 2 heterocycles. The van der Waals surface area contributed by atoms with Crippen LogP contribution in [0.2, 0.25) is 0 Å². The van der Waals surface area contributed by atoms with Crippen LogP contribution >= 0.6 is 11.3 Å². The van der Waals surface area contributed by atoms with Crippen molar-refractivity contribution in [2.75, 3.05) is 19.6 Å². The van der Waals surface area contributed by atoms with E-state index in [-0.39, 0.29) is 0 Å². The van der Waals surface area contributed by atoms with Crippen LogP contribution in [-0.2, 0) is 4.79 Å². The zero-order valence-corrected chi connectivity index (χ0v) is 11.3. The molecule has 2 nitrogen and oxygen atoms in total. The Morgan fingerprint density at radius 1 is 1.53 bits per heavy atom. The van der Waals surface area contributed by atoms with Crippen molar-refractivity contribution in [3.8, 4) is 0 Å². The Labute approximate surface area is 107 Å². The Morgan fingerprint density at radius 3 is 3.00 bits per heavy atom. The van der Waals surface area contributed by atoms with Crippen molar-refractivity contribution in [1.82, 2.24) is 4.90 Å². The molecule has 1 saturated heterocycles. The second-order valence-corrected chi connectivity index (χ2v) is 5.53. The van der Waals surface area contributed by atoms with Crippen LogP contribution in [0.3, 0.4) is 0 Å². The predicted octanol–water partition coefficient (Wildman–Crippen LogP) is 3.12. The Morgan fingerprint density at radius 2 is 2.35 bits per heavy atom. The van der Waals surface area contributed by atoms with Gasteiger partial charge in [-0.05, 0) is 43.0 Å². The molecule has 0 unspecified atom stereocenters. The lowest BCUT2D eigenvalue weighted by Crippen LogP contribution is -2.36. The topological polar surface area (TPSA) is 20.3 Å². The van der Waals surface area contributed by atoms with E-state index in [0.29, 0.717) is 12.2 Å². The maximum atomic E-state index is 11.9. The molecule has 1 aromatic rings. The van der Waals surface area contributed by atoms with Gasteiger partial charge in [0.1, 0.15) is 0 Å². The van der Waals surface area contributed by atoms with Gasteiger partial charge < -0.3 is 0 Å². The van der Waals surface area contributed by atoms with Crippen LogP contribution in [-0.4, -0.2) is 30.3 Å². The Bertz CT molecular complexity index is 433. The van der Waals surface area contributed by atoms with Gasteiger partial charge in [0, 0.05) is 30.0 Å². The Balaban J connectivity index is 2.15. The second kappa shape index (κ2) is 5.61. The van der Waals surface area contributed by atoms with Gasteiger partial charge in [-0.15, -0.1) is 11.3 Å². The molecule has 1 aliphatic rings. The number of nitrogens with zero attached hydrogens (tertiary/aromatic N) is 1. The summed E-state index contributed by atoms with van der Waals surface area (Å²) in [5.41, 5.74) is 2.25. The second-order valence-electron chi connectivity index (χ2n) is 4.59. The molecule has 1 aliphatic heterocycles. The minimum atomic E-state index is 0.324. The van der Waals surface area contributed by atoms with Crippen LogP contribution in [0, 0.1) is 6.92 Å². The van der Waals surface area contributed by atoms with Crippen LogP contribution < -0.4 is 0 Å². The van der Waals surface area contributed by atoms with Crippen LogP contribution in [0.25, 0.3) is 6.08 Å². The summed E-state index contributed by atoms with van der Waals surface area (Å²) in [5.74, 6) is 0.324. The summed E-state index contributed by atoms with van der Waals surface area (Å²) in [5, 5.41) is 2.08. The monoisotopic (exact) mass is 249 g/mol. The van der Waals surface area contributed by atoms with Gasteiger partial charge in [-0.2, -0.15) is 0 Å². The number of hydrogen-bond donors (Lipinski definition) is 0. The van der Waals surface area contributed by atoms with Crippen molar-refractivity contribution in [3.05, 3.63) is 27.5 Å². The molecule has 0 saturated carbocycles. The average Bonchev–Trinajstić information content (AvgIpc) is 2.70. The number of carbonyl (C=O) groups is 1. The molecule has 0 atom stereocenters. The first-order chi connectivity index (χ1) is 8.20.